The van der Waals surface area contributed by atoms with Gasteiger partial charge in [-0.3, -0.25) is 13.8 Å². The number of nitrogens with zero attached hydrogens (tertiary/aromatic N) is 1. The average molecular weight is 1240 g/mol. The van der Waals surface area contributed by atoms with E-state index in [-0.39, 0.29) is 19.1 Å². The van der Waals surface area contributed by atoms with Gasteiger partial charge >= 0.3 is 7.82 Å². The first-order chi connectivity index (χ1) is 42.5. The van der Waals surface area contributed by atoms with Crippen molar-refractivity contribution in [2.24, 2.45) is 0 Å². The molecule has 0 heterocycles. The molecule has 1 amide bonds. The molecular weight excluding hydrogens is 1090 g/mol. The molecule has 0 aliphatic rings. The quantitative estimate of drug-likeness (QED) is 0.0243. The van der Waals surface area contributed by atoms with E-state index in [1.165, 1.54) is 263 Å². The maximum atomic E-state index is 13.1. The number of phosphoric ester groups is 1. The third-order valence-corrected chi connectivity index (χ3v) is 17.8. The molecule has 0 aliphatic heterocycles. The van der Waals surface area contributed by atoms with E-state index in [1.807, 2.05) is 27.2 Å². The van der Waals surface area contributed by atoms with Gasteiger partial charge in [0.15, 0.2) is 0 Å². The van der Waals surface area contributed by atoms with Gasteiger partial charge in [-0.05, 0) is 83.5 Å². The van der Waals surface area contributed by atoms with E-state index in [2.05, 4.69) is 92.1 Å². The molecule has 8 nitrogen and oxygen atoms in total. The lowest BCUT2D eigenvalue weighted by Crippen LogP contribution is -2.45. The molecule has 0 radical (unpaired) electrons. The molecular formula is C78H146N2O6P+. The number of amides is 1. The summed E-state index contributed by atoms with van der Waals surface area (Å²) >= 11 is 0. The Morgan fingerprint density at radius 1 is 0.402 bits per heavy atom. The first-order valence-corrected chi connectivity index (χ1v) is 39.0. The van der Waals surface area contributed by atoms with Crippen LogP contribution in [0.4, 0.5) is 0 Å². The van der Waals surface area contributed by atoms with Gasteiger partial charge in [0.1, 0.15) is 13.2 Å². The number of carbonyl (C=O) groups is 1. The molecule has 0 fully saturated rings. The number of aliphatic hydroxyl groups is 1. The highest BCUT2D eigenvalue weighted by molar-refractivity contribution is 7.47. The monoisotopic (exact) mass is 1240 g/mol. The Hall–Kier alpha value is -2.32. The van der Waals surface area contributed by atoms with E-state index in [0.29, 0.717) is 17.4 Å². The Morgan fingerprint density at radius 3 is 1.06 bits per heavy atom. The lowest BCUT2D eigenvalue weighted by atomic mass is 10.0. The summed E-state index contributed by atoms with van der Waals surface area (Å²) in [4.78, 5) is 23.4. The highest BCUT2D eigenvalue weighted by Gasteiger charge is 2.28. The zero-order valence-electron chi connectivity index (χ0n) is 58.3. The average Bonchev–Trinajstić information content (AvgIpc) is 3.70. The van der Waals surface area contributed by atoms with Gasteiger partial charge in [-0.1, -0.05) is 349 Å². The van der Waals surface area contributed by atoms with Crippen LogP contribution in [0, 0.1) is 0 Å². The van der Waals surface area contributed by atoms with Crippen LogP contribution < -0.4 is 5.32 Å². The molecule has 0 saturated heterocycles. The second kappa shape index (κ2) is 68.1. The summed E-state index contributed by atoms with van der Waals surface area (Å²) in [5, 5.41) is 14.0. The topological polar surface area (TPSA) is 105 Å². The van der Waals surface area contributed by atoms with Crippen LogP contribution in [0.3, 0.4) is 0 Å². The van der Waals surface area contributed by atoms with E-state index < -0.39 is 20.0 Å². The molecule has 0 aromatic heterocycles. The molecule has 508 valence electrons. The van der Waals surface area contributed by atoms with E-state index in [0.717, 1.165) is 70.6 Å². The van der Waals surface area contributed by atoms with Gasteiger partial charge in [-0.25, -0.2) is 4.57 Å². The smallest absolute Gasteiger partial charge is 0.387 e. The van der Waals surface area contributed by atoms with Crippen molar-refractivity contribution >= 4 is 13.7 Å². The van der Waals surface area contributed by atoms with Gasteiger partial charge in [-0.15, -0.1) is 0 Å². The zero-order valence-corrected chi connectivity index (χ0v) is 59.2. The van der Waals surface area contributed by atoms with Crippen LogP contribution >= 0.6 is 7.82 Å². The van der Waals surface area contributed by atoms with Crippen LogP contribution in [0.25, 0.3) is 0 Å². The fourth-order valence-electron chi connectivity index (χ4n) is 11.1. The molecule has 0 bridgehead atoms. The van der Waals surface area contributed by atoms with Crippen molar-refractivity contribution in [3.63, 3.8) is 0 Å². The summed E-state index contributed by atoms with van der Waals surface area (Å²) in [6.07, 6.45) is 97.7. The number of carbonyl (C=O) groups excluding carboxylic acids is 1. The largest absolute Gasteiger partial charge is 0.472 e. The summed E-state index contributed by atoms with van der Waals surface area (Å²) in [5.41, 5.74) is 0. The molecule has 0 spiro atoms. The number of aliphatic hydroxyl groups excluding tert-OH is 1. The van der Waals surface area contributed by atoms with Crippen molar-refractivity contribution < 1.29 is 32.9 Å². The summed E-state index contributed by atoms with van der Waals surface area (Å²) in [6, 6.07) is -0.873. The van der Waals surface area contributed by atoms with Crippen molar-refractivity contribution in [2.45, 2.75) is 366 Å². The van der Waals surface area contributed by atoms with Crippen molar-refractivity contribution in [3.8, 4) is 0 Å². The van der Waals surface area contributed by atoms with Crippen molar-refractivity contribution in [1.82, 2.24) is 5.32 Å². The van der Waals surface area contributed by atoms with Gasteiger partial charge < -0.3 is 19.8 Å². The van der Waals surface area contributed by atoms with Gasteiger partial charge in [0.25, 0.3) is 0 Å². The summed E-state index contributed by atoms with van der Waals surface area (Å²) in [6.45, 7) is 4.72. The number of hydrogen-bond donors (Lipinski definition) is 3. The molecule has 87 heavy (non-hydrogen) atoms. The molecule has 0 aromatic rings. The molecule has 0 aliphatic carbocycles. The van der Waals surface area contributed by atoms with Gasteiger partial charge in [0.2, 0.25) is 5.91 Å². The number of quaternary nitrogens is 1. The first kappa shape index (κ1) is 84.7. The lowest BCUT2D eigenvalue weighted by molar-refractivity contribution is -0.870. The van der Waals surface area contributed by atoms with E-state index >= 15 is 0 Å². The summed E-state index contributed by atoms with van der Waals surface area (Å²) in [7, 11) is 1.56. The van der Waals surface area contributed by atoms with Gasteiger partial charge in [-0.2, -0.15) is 0 Å². The molecule has 0 saturated carbocycles. The molecule has 0 rings (SSSR count). The number of likely N-dealkylation sites (N-methyl/N-ethyl adjacent to an activating group) is 1. The number of rotatable bonds is 69. The standard InChI is InChI=1S/C78H145N2O6P/c1-6-8-10-12-14-16-18-20-22-24-26-28-30-32-34-36-37-38-39-40-41-42-43-44-46-48-50-52-54-56-58-60-62-64-66-68-70-72-78(82)79-76(75-86-87(83,84)85-74-73-80(3,4)5)77(81)71-69-67-65-63-61-59-57-55-53-51-49-47-45-35-33-31-29-27-25-23-21-19-17-15-13-11-9-7-2/h8,10,14,16,20,22,26,28,53,55,61,63,69,71,76-77,81H,6-7,9,11-13,15,17-19,21,23-25,27,29-52,54,56-60,62,64-68,70,72-75H2,1-5H3,(H-,79,82,83,84)/p+1/b10-8-,16-14-,22-20-,28-26-,55-53+,63-61+,71-69+. The van der Waals surface area contributed by atoms with Crippen LogP contribution in [0.5, 0.6) is 0 Å². The lowest BCUT2D eigenvalue weighted by Gasteiger charge is -2.25. The number of nitrogens with one attached hydrogen (secondary N) is 1. The van der Waals surface area contributed by atoms with Crippen LogP contribution in [0.1, 0.15) is 354 Å². The fraction of sp³-hybridized carbons (Fsp3) is 0.808. The molecule has 9 heteroatoms. The van der Waals surface area contributed by atoms with Crippen LogP contribution in [0.2, 0.25) is 0 Å². The summed E-state index contributed by atoms with van der Waals surface area (Å²) < 4.78 is 23.8. The van der Waals surface area contributed by atoms with Gasteiger partial charge in [0.05, 0.1) is 39.9 Å². The predicted octanol–water partition coefficient (Wildman–Crippen LogP) is 24.3. The van der Waals surface area contributed by atoms with Crippen molar-refractivity contribution in [2.75, 3.05) is 40.9 Å². The third-order valence-electron chi connectivity index (χ3n) is 16.8. The van der Waals surface area contributed by atoms with E-state index in [9.17, 15) is 19.4 Å². The van der Waals surface area contributed by atoms with Crippen LogP contribution in [-0.2, 0) is 18.4 Å². The third kappa shape index (κ3) is 71.0. The Morgan fingerprint density at radius 2 is 0.701 bits per heavy atom. The number of unbranched alkanes of at least 4 members (excludes halogenated alkanes) is 44. The maximum Gasteiger partial charge on any atom is 0.472 e. The second-order valence-corrected chi connectivity index (χ2v) is 28.1. The van der Waals surface area contributed by atoms with E-state index in [4.69, 9.17) is 9.05 Å². The fourth-order valence-corrected chi connectivity index (χ4v) is 11.8. The maximum absolute atomic E-state index is 13.1. The highest BCUT2D eigenvalue weighted by Crippen LogP contribution is 2.43. The van der Waals surface area contributed by atoms with Crippen LogP contribution in [0.15, 0.2) is 85.1 Å². The minimum absolute atomic E-state index is 0.0530. The number of allylic oxidation sites excluding steroid dienone is 13. The Kier molecular flexibility index (Phi) is 66.2. The first-order valence-electron chi connectivity index (χ1n) is 37.5. The molecule has 3 atom stereocenters. The summed E-state index contributed by atoms with van der Waals surface area (Å²) in [5.74, 6) is -0.186. The number of phosphoric acid groups is 1. The zero-order chi connectivity index (χ0) is 63.4. The van der Waals surface area contributed by atoms with Gasteiger partial charge in [0, 0.05) is 6.42 Å². The molecule has 0 aromatic carbocycles. The molecule has 3 N–H and O–H groups in total. The predicted molar refractivity (Wildman–Crippen MR) is 383 cm³/mol. The minimum atomic E-state index is -4.37. The number of hydrogen-bond acceptors (Lipinski definition) is 5. The van der Waals surface area contributed by atoms with Crippen molar-refractivity contribution in [1.29, 1.82) is 0 Å². The SMILES string of the molecule is CC/C=C\C/C=C\C/C=C\C/C=C\CCCCCCCCCCCCCCCCCCCCCCCCCCC(=O)NC(COP(=O)(O)OCC[N+](C)(C)C)C(O)/C=C/CC/C=C/CC/C=C/CCCCCCCCCCCCCCCCCCCC. The van der Waals surface area contributed by atoms with Crippen molar-refractivity contribution in [3.05, 3.63) is 85.1 Å². The normalized spacial score (nSPS) is 14.1. The Bertz CT molecular complexity index is 1700. The molecule has 3 unspecified atom stereocenters. The highest BCUT2D eigenvalue weighted by atomic mass is 31.2. The second-order valence-electron chi connectivity index (χ2n) is 26.6. The van der Waals surface area contributed by atoms with Crippen LogP contribution in [-0.4, -0.2) is 73.4 Å². The van der Waals surface area contributed by atoms with E-state index in [1.54, 1.807) is 6.08 Å². The Labute approximate surface area is 541 Å². The minimum Gasteiger partial charge on any atom is -0.387 e. The Balaban J connectivity index is 4.03.